The van der Waals surface area contributed by atoms with Crippen molar-refractivity contribution in [3.63, 3.8) is 0 Å². The molecule has 2 aromatic rings. The Morgan fingerprint density at radius 1 is 1.11 bits per heavy atom. The van der Waals surface area contributed by atoms with Gasteiger partial charge in [0, 0.05) is 30.3 Å². The summed E-state index contributed by atoms with van der Waals surface area (Å²) in [7, 11) is 3.28. The number of rotatable bonds is 6. The molecule has 0 fully saturated rings. The van der Waals surface area contributed by atoms with Gasteiger partial charge in [0.15, 0.2) is 6.29 Å². The number of thiophene rings is 1. The predicted octanol–water partition coefficient (Wildman–Crippen LogP) is 3.45. The van der Waals surface area contributed by atoms with Gasteiger partial charge in [0.25, 0.3) is 0 Å². The Kier molecular flexibility index (Phi) is 4.75. The molecule has 0 amide bonds. The number of nitrogens with one attached hydrogen (secondary N) is 1. The van der Waals surface area contributed by atoms with Crippen LogP contribution in [0.15, 0.2) is 41.8 Å². The van der Waals surface area contributed by atoms with Crippen LogP contribution in [-0.4, -0.2) is 27.1 Å². The van der Waals surface area contributed by atoms with E-state index in [1.54, 1.807) is 25.6 Å². The van der Waals surface area contributed by atoms with Crippen molar-refractivity contribution in [2.75, 3.05) is 26.1 Å². The summed E-state index contributed by atoms with van der Waals surface area (Å²) in [6, 6.07) is 12.4. The molecule has 0 aliphatic carbocycles. The van der Waals surface area contributed by atoms with E-state index in [0.717, 1.165) is 5.69 Å². The highest BCUT2D eigenvalue weighted by molar-refractivity contribution is 7.13. The summed E-state index contributed by atoms with van der Waals surface area (Å²) in [5.74, 6) is 0. The molecule has 1 heterocycles. The highest BCUT2D eigenvalue weighted by atomic mass is 32.1. The van der Waals surface area contributed by atoms with Crippen molar-refractivity contribution in [1.82, 2.24) is 0 Å². The molecule has 0 radical (unpaired) electrons. The van der Waals surface area contributed by atoms with Gasteiger partial charge in [0.2, 0.25) is 0 Å². The standard InChI is InChI=1S/C14H17NO2S/c1-16-14(17-2)10-15-12-7-4-3-6-11(12)13-8-5-9-18-13/h3-9,14-15H,10H2,1-2H3. The number of benzene rings is 1. The Balaban J connectivity index is 2.13. The lowest BCUT2D eigenvalue weighted by Crippen LogP contribution is -2.23. The van der Waals surface area contributed by atoms with Gasteiger partial charge in [-0.3, -0.25) is 0 Å². The molecule has 3 nitrogen and oxygen atoms in total. The van der Waals surface area contributed by atoms with Crippen molar-refractivity contribution in [3.05, 3.63) is 41.8 Å². The normalized spacial score (nSPS) is 10.8. The summed E-state index contributed by atoms with van der Waals surface area (Å²) in [4.78, 5) is 1.25. The van der Waals surface area contributed by atoms with Gasteiger partial charge >= 0.3 is 0 Å². The molecular weight excluding hydrogens is 246 g/mol. The zero-order chi connectivity index (χ0) is 12.8. The highest BCUT2D eigenvalue weighted by Gasteiger charge is 2.08. The average Bonchev–Trinajstić information content (AvgIpc) is 2.94. The lowest BCUT2D eigenvalue weighted by molar-refractivity contribution is -0.0913. The first-order chi connectivity index (χ1) is 8.85. The zero-order valence-corrected chi connectivity index (χ0v) is 11.4. The molecule has 2 rings (SSSR count). The van der Waals surface area contributed by atoms with E-state index >= 15 is 0 Å². The molecule has 0 atom stereocenters. The Morgan fingerprint density at radius 2 is 1.89 bits per heavy atom. The number of hydrogen-bond donors (Lipinski definition) is 1. The molecule has 0 saturated carbocycles. The maximum atomic E-state index is 5.17. The summed E-state index contributed by atoms with van der Waals surface area (Å²) >= 11 is 1.73. The lowest BCUT2D eigenvalue weighted by atomic mass is 10.1. The van der Waals surface area contributed by atoms with Crippen molar-refractivity contribution >= 4 is 17.0 Å². The average molecular weight is 263 g/mol. The Morgan fingerprint density at radius 3 is 2.56 bits per heavy atom. The molecule has 0 bridgehead atoms. The van der Waals surface area contributed by atoms with Crippen molar-refractivity contribution in [1.29, 1.82) is 0 Å². The van der Waals surface area contributed by atoms with Crippen LogP contribution in [0.25, 0.3) is 10.4 Å². The van der Waals surface area contributed by atoms with Gasteiger partial charge in [-0.15, -0.1) is 11.3 Å². The fourth-order valence-corrected chi connectivity index (χ4v) is 2.51. The highest BCUT2D eigenvalue weighted by Crippen LogP contribution is 2.31. The number of methoxy groups -OCH3 is 2. The van der Waals surface area contributed by atoms with Crippen molar-refractivity contribution in [2.45, 2.75) is 6.29 Å². The molecule has 1 N–H and O–H groups in total. The maximum Gasteiger partial charge on any atom is 0.173 e. The van der Waals surface area contributed by atoms with Gasteiger partial charge in [-0.1, -0.05) is 24.3 Å². The summed E-state index contributed by atoms with van der Waals surface area (Å²) in [5.41, 5.74) is 2.30. The number of ether oxygens (including phenoxy) is 2. The largest absolute Gasteiger partial charge is 0.379 e. The molecule has 0 unspecified atom stereocenters. The first-order valence-electron chi connectivity index (χ1n) is 5.77. The second-order valence-corrected chi connectivity index (χ2v) is 4.75. The molecular formula is C14H17NO2S. The van der Waals surface area contributed by atoms with Crippen LogP contribution in [0.2, 0.25) is 0 Å². The molecule has 4 heteroatoms. The van der Waals surface area contributed by atoms with Crippen LogP contribution in [0.3, 0.4) is 0 Å². The second-order valence-electron chi connectivity index (χ2n) is 3.80. The summed E-state index contributed by atoms with van der Waals surface area (Å²) < 4.78 is 10.3. The topological polar surface area (TPSA) is 30.5 Å². The van der Waals surface area contributed by atoms with E-state index in [2.05, 4.69) is 35.0 Å². The third-order valence-electron chi connectivity index (χ3n) is 2.70. The van der Waals surface area contributed by atoms with E-state index in [1.165, 1.54) is 10.4 Å². The summed E-state index contributed by atoms with van der Waals surface area (Å²) in [5, 5.41) is 5.44. The van der Waals surface area contributed by atoms with Crippen molar-refractivity contribution in [3.8, 4) is 10.4 Å². The molecule has 0 aliphatic heterocycles. The smallest absolute Gasteiger partial charge is 0.173 e. The van der Waals surface area contributed by atoms with Crippen LogP contribution in [0, 0.1) is 0 Å². The molecule has 18 heavy (non-hydrogen) atoms. The van der Waals surface area contributed by atoms with Gasteiger partial charge in [-0.05, 0) is 17.5 Å². The minimum atomic E-state index is -0.235. The molecule has 0 saturated heterocycles. The van der Waals surface area contributed by atoms with Gasteiger partial charge in [0.05, 0.1) is 6.54 Å². The SMILES string of the molecule is COC(CNc1ccccc1-c1cccs1)OC. The number of para-hydroxylation sites is 1. The number of anilines is 1. The van der Waals surface area contributed by atoms with E-state index in [0.29, 0.717) is 6.54 Å². The Hall–Kier alpha value is -1.36. The Bertz CT molecular complexity index is 466. The fraction of sp³-hybridized carbons (Fsp3) is 0.286. The van der Waals surface area contributed by atoms with Crippen molar-refractivity contribution < 1.29 is 9.47 Å². The zero-order valence-electron chi connectivity index (χ0n) is 10.6. The lowest BCUT2D eigenvalue weighted by Gasteiger charge is -2.16. The molecule has 1 aromatic heterocycles. The van der Waals surface area contributed by atoms with Crippen molar-refractivity contribution in [2.24, 2.45) is 0 Å². The van der Waals surface area contributed by atoms with E-state index in [9.17, 15) is 0 Å². The third kappa shape index (κ3) is 3.10. The first-order valence-corrected chi connectivity index (χ1v) is 6.65. The predicted molar refractivity (Wildman–Crippen MR) is 76.1 cm³/mol. The molecule has 96 valence electrons. The number of hydrogen-bond acceptors (Lipinski definition) is 4. The summed E-state index contributed by atoms with van der Waals surface area (Å²) in [6.07, 6.45) is -0.235. The minimum absolute atomic E-state index is 0.235. The first kappa shape index (κ1) is 13.1. The second kappa shape index (κ2) is 6.54. The van der Waals surface area contributed by atoms with Crippen LogP contribution < -0.4 is 5.32 Å². The Labute approximate surface area is 111 Å². The molecule has 1 aromatic carbocycles. The van der Waals surface area contributed by atoms with Crippen LogP contribution in [0.1, 0.15) is 0 Å². The van der Waals surface area contributed by atoms with E-state index in [4.69, 9.17) is 9.47 Å². The van der Waals surface area contributed by atoms with Gasteiger partial charge in [-0.2, -0.15) is 0 Å². The molecule has 0 aliphatic rings. The van der Waals surface area contributed by atoms with Crippen LogP contribution in [0.4, 0.5) is 5.69 Å². The summed E-state index contributed by atoms with van der Waals surface area (Å²) in [6.45, 7) is 0.620. The quantitative estimate of drug-likeness (QED) is 0.810. The van der Waals surface area contributed by atoms with Gasteiger partial charge in [0.1, 0.15) is 0 Å². The maximum absolute atomic E-state index is 5.17. The van der Waals surface area contributed by atoms with E-state index < -0.39 is 0 Å². The van der Waals surface area contributed by atoms with E-state index in [-0.39, 0.29) is 6.29 Å². The fourth-order valence-electron chi connectivity index (χ4n) is 1.74. The third-order valence-corrected chi connectivity index (χ3v) is 3.60. The van der Waals surface area contributed by atoms with E-state index in [1.807, 2.05) is 12.1 Å². The van der Waals surface area contributed by atoms with Gasteiger partial charge in [-0.25, -0.2) is 0 Å². The van der Waals surface area contributed by atoms with Crippen LogP contribution in [0.5, 0.6) is 0 Å². The molecule has 0 spiro atoms. The van der Waals surface area contributed by atoms with Crippen LogP contribution >= 0.6 is 11.3 Å². The van der Waals surface area contributed by atoms with Gasteiger partial charge < -0.3 is 14.8 Å². The van der Waals surface area contributed by atoms with Crippen LogP contribution in [-0.2, 0) is 9.47 Å². The minimum Gasteiger partial charge on any atom is -0.379 e. The monoisotopic (exact) mass is 263 g/mol.